The fraction of sp³-hybridized carbons (Fsp3) is 0.593. The minimum atomic E-state index is -1.14. The zero-order valence-electron chi connectivity index (χ0n) is 20.0. The molecule has 0 heterocycles. The summed E-state index contributed by atoms with van der Waals surface area (Å²) in [5.74, 6) is -1.46. The van der Waals surface area contributed by atoms with Crippen molar-refractivity contribution >= 4 is 5.97 Å². The molecule has 0 radical (unpaired) electrons. The van der Waals surface area contributed by atoms with Gasteiger partial charge in [-0.15, -0.1) is 0 Å². The van der Waals surface area contributed by atoms with Gasteiger partial charge in [0.1, 0.15) is 17.1 Å². The van der Waals surface area contributed by atoms with Crippen LogP contribution in [0, 0.1) is 0 Å². The number of phenols is 2. The first-order valence-electron chi connectivity index (χ1n) is 11.9. The lowest BCUT2D eigenvalue weighted by atomic mass is 9.94. The molecule has 0 bridgehead atoms. The van der Waals surface area contributed by atoms with Gasteiger partial charge in [-0.25, -0.2) is 4.79 Å². The molecule has 31 heavy (non-hydrogen) atoms. The van der Waals surface area contributed by atoms with E-state index in [1.165, 1.54) is 43.7 Å². The maximum absolute atomic E-state index is 11.8. The Morgan fingerprint density at radius 2 is 1.55 bits per heavy atom. The highest BCUT2D eigenvalue weighted by Crippen LogP contribution is 2.35. The monoisotopic (exact) mass is 430 g/mol. The molecule has 0 aliphatic heterocycles. The Bertz CT molecular complexity index is 755. The number of hydrogen-bond donors (Lipinski definition) is 3. The van der Waals surface area contributed by atoms with Gasteiger partial charge in [0.2, 0.25) is 0 Å². The summed E-state index contributed by atoms with van der Waals surface area (Å²) >= 11 is 0. The number of carboxylic acids is 1. The van der Waals surface area contributed by atoms with Crippen molar-refractivity contribution in [2.75, 3.05) is 0 Å². The summed E-state index contributed by atoms with van der Waals surface area (Å²) in [6, 6.07) is 1.53. The molecule has 4 heteroatoms. The lowest BCUT2D eigenvalue weighted by Crippen LogP contribution is -2.06. The Hall–Kier alpha value is -2.23. The van der Waals surface area contributed by atoms with Crippen LogP contribution in [-0.2, 0) is 12.8 Å². The number of phenolic OH excluding ortho intramolecular Hbond substituents is 1. The smallest absolute Gasteiger partial charge is 0.339 e. The second-order valence-corrected chi connectivity index (χ2v) is 8.86. The molecule has 0 aliphatic carbocycles. The van der Waals surface area contributed by atoms with Crippen molar-refractivity contribution in [2.45, 2.75) is 105 Å². The van der Waals surface area contributed by atoms with Crippen LogP contribution in [0.25, 0.3) is 0 Å². The zero-order chi connectivity index (χ0) is 23.2. The maximum Gasteiger partial charge on any atom is 0.339 e. The van der Waals surface area contributed by atoms with Gasteiger partial charge in [0.05, 0.1) is 0 Å². The molecule has 0 saturated carbocycles. The molecule has 4 nitrogen and oxygen atoms in total. The van der Waals surface area contributed by atoms with Crippen molar-refractivity contribution in [1.29, 1.82) is 0 Å². The van der Waals surface area contributed by atoms with Gasteiger partial charge in [-0.3, -0.25) is 0 Å². The molecule has 0 spiro atoms. The van der Waals surface area contributed by atoms with Crippen LogP contribution in [0.2, 0.25) is 0 Å². The Kier molecular flexibility index (Phi) is 12.7. The van der Waals surface area contributed by atoms with Gasteiger partial charge in [-0.05, 0) is 64.5 Å². The van der Waals surface area contributed by atoms with E-state index in [1.54, 1.807) is 0 Å². The van der Waals surface area contributed by atoms with Crippen LogP contribution in [0.1, 0.15) is 113 Å². The molecule has 0 atom stereocenters. The van der Waals surface area contributed by atoms with E-state index in [-0.39, 0.29) is 17.1 Å². The summed E-state index contributed by atoms with van der Waals surface area (Å²) in [7, 11) is 0. The summed E-state index contributed by atoms with van der Waals surface area (Å²) < 4.78 is 0. The zero-order valence-corrected chi connectivity index (χ0v) is 20.0. The van der Waals surface area contributed by atoms with Crippen LogP contribution >= 0.6 is 0 Å². The number of carbonyl (C=O) groups is 1. The number of rotatable bonds is 15. The molecule has 0 amide bonds. The van der Waals surface area contributed by atoms with Gasteiger partial charge in [-0.2, -0.15) is 0 Å². The molecule has 174 valence electrons. The van der Waals surface area contributed by atoms with Crippen LogP contribution in [-0.4, -0.2) is 21.3 Å². The molecule has 0 fully saturated rings. The second-order valence-electron chi connectivity index (χ2n) is 8.86. The van der Waals surface area contributed by atoms with Crippen molar-refractivity contribution in [1.82, 2.24) is 0 Å². The van der Waals surface area contributed by atoms with Gasteiger partial charge in [0, 0.05) is 5.56 Å². The molecular weight excluding hydrogens is 388 g/mol. The number of hydrogen-bond acceptors (Lipinski definition) is 3. The largest absolute Gasteiger partial charge is 0.508 e. The van der Waals surface area contributed by atoms with E-state index in [1.807, 2.05) is 13.0 Å². The van der Waals surface area contributed by atoms with Gasteiger partial charge in [-0.1, -0.05) is 75.2 Å². The van der Waals surface area contributed by atoms with Crippen LogP contribution in [0.5, 0.6) is 11.5 Å². The molecule has 3 N–H and O–H groups in total. The number of allylic oxidation sites excluding steroid dienone is 4. The maximum atomic E-state index is 11.8. The lowest BCUT2D eigenvalue weighted by molar-refractivity contribution is 0.0692. The van der Waals surface area contributed by atoms with Crippen molar-refractivity contribution in [2.24, 2.45) is 0 Å². The normalized spacial score (nSPS) is 11.5. The van der Waals surface area contributed by atoms with Gasteiger partial charge >= 0.3 is 5.97 Å². The van der Waals surface area contributed by atoms with Crippen molar-refractivity contribution in [3.63, 3.8) is 0 Å². The number of benzene rings is 1. The molecule has 0 saturated heterocycles. The predicted molar refractivity (Wildman–Crippen MR) is 129 cm³/mol. The van der Waals surface area contributed by atoms with E-state index in [0.29, 0.717) is 24.0 Å². The highest BCUT2D eigenvalue weighted by atomic mass is 16.4. The minimum Gasteiger partial charge on any atom is -0.508 e. The number of aromatic carboxylic acids is 1. The quantitative estimate of drug-likeness (QED) is 0.197. The highest BCUT2D eigenvalue weighted by Gasteiger charge is 2.21. The van der Waals surface area contributed by atoms with Crippen LogP contribution in [0.3, 0.4) is 0 Å². The fourth-order valence-electron chi connectivity index (χ4n) is 3.80. The first-order chi connectivity index (χ1) is 14.8. The highest BCUT2D eigenvalue weighted by molar-refractivity contribution is 5.93. The summed E-state index contributed by atoms with van der Waals surface area (Å²) in [4.78, 5) is 11.8. The fourth-order valence-corrected chi connectivity index (χ4v) is 3.80. The number of aromatic hydroxyl groups is 2. The Morgan fingerprint density at radius 3 is 2.13 bits per heavy atom. The van der Waals surface area contributed by atoms with E-state index in [4.69, 9.17) is 0 Å². The molecule has 0 aromatic heterocycles. The molecule has 1 aromatic rings. The molecule has 0 aliphatic rings. The van der Waals surface area contributed by atoms with Crippen LogP contribution in [0.4, 0.5) is 0 Å². The molecule has 1 rings (SSSR count). The Balaban J connectivity index is 2.77. The van der Waals surface area contributed by atoms with Crippen molar-refractivity contribution in [3.8, 4) is 11.5 Å². The molecule has 0 unspecified atom stereocenters. The van der Waals surface area contributed by atoms with Gasteiger partial charge < -0.3 is 15.3 Å². The van der Waals surface area contributed by atoms with E-state index in [9.17, 15) is 20.1 Å². The number of carboxylic acid groups (broad SMARTS) is 1. The minimum absolute atomic E-state index is 0.0228. The van der Waals surface area contributed by atoms with Gasteiger partial charge in [0.25, 0.3) is 0 Å². The summed E-state index contributed by atoms with van der Waals surface area (Å²) in [6.07, 6.45) is 16.1. The SMILES string of the molecule is CCCCCCCCCCc1cc(O)c(CC=C(C)CCC=C(C)C)c(O)c1C(=O)O. The number of unbranched alkanes of at least 4 members (excludes halogenated alkanes) is 7. The molecule has 1 aromatic carbocycles. The number of aryl methyl sites for hydroxylation is 1. The average molecular weight is 431 g/mol. The van der Waals surface area contributed by atoms with E-state index >= 15 is 0 Å². The van der Waals surface area contributed by atoms with Gasteiger partial charge in [0.15, 0.2) is 0 Å². The van der Waals surface area contributed by atoms with E-state index in [0.717, 1.165) is 37.7 Å². The lowest BCUT2D eigenvalue weighted by Gasteiger charge is -2.14. The predicted octanol–water partition coefficient (Wildman–Crippen LogP) is 7.71. The average Bonchev–Trinajstić information content (AvgIpc) is 2.69. The second kappa shape index (κ2) is 14.7. The summed E-state index contributed by atoms with van der Waals surface area (Å²) in [6.45, 7) is 8.36. The third-order valence-electron chi connectivity index (χ3n) is 5.72. The Morgan fingerprint density at radius 1 is 0.935 bits per heavy atom. The first-order valence-corrected chi connectivity index (χ1v) is 11.9. The third kappa shape index (κ3) is 10.1. The summed E-state index contributed by atoms with van der Waals surface area (Å²) in [5.41, 5.74) is 3.17. The van der Waals surface area contributed by atoms with Crippen LogP contribution in [0.15, 0.2) is 29.4 Å². The topological polar surface area (TPSA) is 77.8 Å². The molecular formula is C27H42O4. The first kappa shape index (κ1) is 26.8. The third-order valence-corrected chi connectivity index (χ3v) is 5.72. The van der Waals surface area contributed by atoms with Crippen molar-refractivity contribution in [3.05, 3.63) is 46.1 Å². The van der Waals surface area contributed by atoms with E-state index in [2.05, 4.69) is 26.8 Å². The summed E-state index contributed by atoms with van der Waals surface area (Å²) in [5, 5.41) is 30.8. The standard InChI is InChI=1S/C27H42O4/c1-5-6-7-8-9-10-11-12-16-22-19-24(28)23(26(29)25(22)27(30)31)18-17-21(4)15-13-14-20(2)3/h14,17,19,28-29H,5-13,15-16,18H2,1-4H3,(H,30,31). The van der Waals surface area contributed by atoms with E-state index < -0.39 is 5.97 Å². The van der Waals surface area contributed by atoms with Crippen molar-refractivity contribution < 1.29 is 20.1 Å². The Labute approximate surface area is 188 Å². The van der Waals surface area contributed by atoms with Crippen LogP contribution < -0.4 is 0 Å².